The van der Waals surface area contributed by atoms with E-state index >= 15 is 0 Å². The third kappa shape index (κ3) is 7.99. The fourth-order valence-electron chi connectivity index (χ4n) is 2.35. The second-order valence-corrected chi connectivity index (χ2v) is 5.64. The second kappa shape index (κ2) is 9.61. The van der Waals surface area contributed by atoms with Crippen LogP contribution in [-0.2, 0) is 20.8 Å². The number of rotatable bonds is 8. The van der Waals surface area contributed by atoms with Crippen molar-refractivity contribution in [1.29, 1.82) is 0 Å². The maximum atomic E-state index is 12.1. The van der Waals surface area contributed by atoms with Crippen molar-refractivity contribution in [1.82, 2.24) is 16.0 Å². The van der Waals surface area contributed by atoms with Crippen LogP contribution in [0.25, 0.3) is 0 Å². The minimum Gasteiger partial charge on any atom is -0.359 e. The zero-order chi connectivity index (χ0) is 17.2. The highest BCUT2D eigenvalue weighted by Crippen LogP contribution is 2.06. The predicted molar refractivity (Wildman–Crippen MR) is 88.7 cm³/mol. The van der Waals surface area contributed by atoms with Gasteiger partial charge in [-0.25, -0.2) is 0 Å². The molecule has 23 heavy (non-hydrogen) atoms. The molecule has 0 unspecified atom stereocenters. The lowest BCUT2D eigenvalue weighted by Crippen LogP contribution is -2.42. The van der Waals surface area contributed by atoms with Crippen LogP contribution in [-0.4, -0.2) is 36.9 Å². The first kappa shape index (κ1) is 18.7. The standard InChI is InChI=1S/C17H25N3O3/c1-12(9-16(22)18-3)19-17(23)11-15(20-13(2)21)10-14-7-5-4-6-8-14/h4-8,12,15H,9-11H2,1-3H3,(H,18,22)(H,19,23)(H,20,21)/t12-,15-/m0/s1. The van der Waals surface area contributed by atoms with E-state index in [4.69, 9.17) is 0 Å². The van der Waals surface area contributed by atoms with Crippen LogP contribution in [0.3, 0.4) is 0 Å². The quantitative estimate of drug-likeness (QED) is 0.661. The van der Waals surface area contributed by atoms with E-state index in [1.54, 1.807) is 14.0 Å². The van der Waals surface area contributed by atoms with E-state index in [0.29, 0.717) is 6.42 Å². The van der Waals surface area contributed by atoms with Crippen LogP contribution < -0.4 is 16.0 Å². The highest BCUT2D eigenvalue weighted by Gasteiger charge is 2.17. The summed E-state index contributed by atoms with van der Waals surface area (Å²) in [5, 5.41) is 8.11. The molecule has 6 heteroatoms. The maximum Gasteiger partial charge on any atom is 0.222 e. The van der Waals surface area contributed by atoms with Gasteiger partial charge in [-0.05, 0) is 18.9 Å². The summed E-state index contributed by atoms with van der Waals surface area (Å²) >= 11 is 0. The number of hydrogen-bond donors (Lipinski definition) is 3. The lowest BCUT2D eigenvalue weighted by Gasteiger charge is -2.19. The van der Waals surface area contributed by atoms with Crippen molar-refractivity contribution in [3.05, 3.63) is 35.9 Å². The van der Waals surface area contributed by atoms with Crippen LogP contribution >= 0.6 is 0 Å². The second-order valence-electron chi connectivity index (χ2n) is 5.64. The van der Waals surface area contributed by atoms with E-state index in [9.17, 15) is 14.4 Å². The van der Waals surface area contributed by atoms with Gasteiger partial charge in [0.25, 0.3) is 0 Å². The lowest BCUT2D eigenvalue weighted by molar-refractivity contribution is -0.123. The van der Waals surface area contributed by atoms with Gasteiger partial charge in [0.15, 0.2) is 0 Å². The zero-order valence-corrected chi connectivity index (χ0v) is 13.9. The summed E-state index contributed by atoms with van der Waals surface area (Å²) in [6.07, 6.45) is 0.982. The first-order valence-electron chi connectivity index (χ1n) is 7.71. The molecule has 0 aromatic heterocycles. The summed E-state index contributed by atoms with van der Waals surface area (Å²) in [7, 11) is 1.56. The number of carbonyl (C=O) groups excluding carboxylic acids is 3. The molecule has 1 aromatic rings. The Morgan fingerprint density at radius 3 is 2.22 bits per heavy atom. The number of hydrogen-bond acceptors (Lipinski definition) is 3. The Morgan fingerprint density at radius 2 is 1.65 bits per heavy atom. The van der Waals surface area contributed by atoms with Crippen LogP contribution in [0.4, 0.5) is 0 Å². The summed E-state index contributed by atoms with van der Waals surface area (Å²) in [5.41, 5.74) is 1.05. The Bertz CT molecular complexity index is 531. The van der Waals surface area contributed by atoms with Crippen molar-refractivity contribution >= 4 is 17.7 Å². The molecule has 3 N–H and O–H groups in total. The molecule has 0 heterocycles. The summed E-state index contributed by atoms with van der Waals surface area (Å²) < 4.78 is 0. The van der Waals surface area contributed by atoms with Gasteiger partial charge in [-0.3, -0.25) is 14.4 Å². The molecule has 2 atom stereocenters. The fraction of sp³-hybridized carbons (Fsp3) is 0.471. The van der Waals surface area contributed by atoms with E-state index in [0.717, 1.165) is 5.56 Å². The van der Waals surface area contributed by atoms with Gasteiger partial charge in [0, 0.05) is 38.9 Å². The third-order valence-corrected chi connectivity index (χ3v) is 3.34. The minimum atomic E-state index is -0.276. The smallest absolute Gasteiger partial charge is 0.222 e. The van der Waals surface area contributed by atoms with E-state index < -0.39 is 0 Å². The molecule has 0 aliphatic rings. The van der Waals surface area contributed by atoms with Gasteiger partial charge >= 0.3 is 0 Å². The van der Waals surface area contributed by atoms with Gasteiger partial charge in [-0.1, -0.05) is 30.3 Å². The Kier molecular flexibility index (Phi) is 7.80. The summed E-state index contributed by atoms with van der Waals surface area (Å²) in [5.74, 6) is -0.478. The monoisotopic (exact) mass is 319 g/mol. The van der Waals surface area contributed by atoms with Gasteiger partial charge in [0.05, 0.1) is 0 Å². The summed E-state index contributed by atoms with van der Waals surface area (Å²) in [6, 6.07) is 9.16. The third-order valence-electron chi connectivity index (χ3n) is 3.34. The topological polar surface area (TPSA) is 87.3 Å². The van der Waals surface area contributed by atoms with Gasteiger partial charge in [-0.15, -0.1) is 0 Å². The van der Waals surface area contributed by atoms with Crippen molar-refractivity contribution in [3.8, 4) is 0 Å². The molecule has 0 spiro atoms. The zero-order valence-electron chi connectivity index (χ0n) is 13.9. The highest BCUT2D eigenvalue weighted by atomic mass is 16.2. The van der Waals surface area contributed by atoms with Crippen molar-refractivity contribution in [2.75, 3.05) is 7.05 Å². The van der Waals surface area contributed by atoms with E-state index in [-0.39, 0.29) is 42.6 Å². The van der Waals surface area contributed by atoms with Crippen LogP contribution in [0, 0.1) is 0 Å². The van der Waals surface area contributed by atoms with Crippen LogP contribution in [0.2, 0.25) is 0 Å². The number of amides is 3. The van der Waals surface area contributed by atoms with Gasteiger partial charge in [0.1, 0.15) is 0 Å². The van der Waals surface area contributed by atoms with Crippen molar-refractivity contribution in [2.24, 2.45) is 0 Å². The molecule has 0 aliphatic heterocycles. The van der Waals surface area contributed by atoms with Crippen LogP contribution in [0.15, 0.2) is 30.3 Å². The van der Waals surface area contributed by atoms with Crippen molar-refractivity contribution in [2.45, 2.75) is 45.2 Å². The summed E-state index contributed by atoms with van der Waals surface area (Å²) in [6.45, 7) is 3.21. The van der Waals surface area contributed by atoms with Crippen molar-refractivity contribution < 1.29 is 14.4 Å². The van der Waals surface area contributed by atoms with E-state index in [1.165, 1.54) is 6.92 Å². The lowest BCUT2D eigenvalue weighted by atomic mass is 10.0. The molecule has 0 bridgehead atoms. The average Bonchev–Trinajstić information content (AvgIpc) is 2.46. The van der Waals surface area contributed by atoms with Gasteiger partial charge < -0.3 is 16.0 Å². The Morgan fingerprint density at radius 1 is 1.00 bits per heavy atom. The normalized spacial score (nSPS) is 12.8. The highest BCUT2D eigenvalue weighted by molar-refractivity contribution is 5.80. The molecule has 0 fully saturated rings. The number of benzene rings is 1. The van der Waals surface area contributed by atoms with E-state index in [2.05, 4.69) is 16.0 Å². The van der Waals surface area contributed by atoms with Crippen LogP contribution in [0.1, 0.15) is 32.3 Å². The molecule has 0 saturated heterocycles. The molecule has 0 aliphatic carbocycles. The Balaban J connectivity index is 2.57. The molecule has 6 nitrogen and oxygen atoms in total. The fourth-order valence-corrected chi connectivity index (χ4v) is 2.35. The van der Waals surface area contributed by atoms with Gasteiger partial charge in [0.2, 0.25) is 17.7 Å². The first-order valence-corrected chi connectivity index (χ1v) is 7.71. The largest absolute Gasteiger partial charge is 0.359 e. The number of carbonyl (C=O) groups is 3. The predicted octanol–water partition coefficient (Wildman–Crippen LogP) is 0.765. The maximum absolute atomic E-state index is 12.1. The molecule has 1 rings (SSSR count). The van der Waals surface area contributed by atoms with Gasteiger partial charge in [-0.2, -0.15) is 0 Å². The average molecular weight is 319 g/mol. The summed E-state index contributed by atoms with van der Waals surface area (Å²) in [4.78, 5) is 34.7. The van der Waals surface area contributed by atoms with E-state index in [1.807, 2.05) is 30.3 Å². The first-order chi connectivity index (χ1) is 10.9. The minimum absolute atomic E-state index is 0.125. The Labute approximate surface area is 137 Å². The molecule has 0 radical (unpaired) electrons. The van der Waals surface area contributed by atoms with Crippen molar-refractivity contribution in [3.63, 3.8) is 0 Å². The molecule has 126 valence electrons. The number of nitrogens with one attached hydrogen (secondary N) is 3. The molecule has 3 amide bonds. The molecule has 0 saturated carbocycles. The SMILES string of the molecule is CNC(=O)C[C@H](C)NC(=O)C[C@H](Cc1ccccc1)NC(C)=O. The van der Waals surface area contributed by atoms with Crippen LogP contribution in [0.5, 0.6) is 0 Å². The molecular weight excluding hydrogens is 294 g/mol. The molecular formula is C17H25N3O3. The Hall–Kier alpha value is -2.37. The molecule has 1 aromatic carbocycles.